The maximum Gasteiger partial charge on any atom is 0.364 e. The molecule has 11 rings (SSSR count). The highest BCUT2D eigenvalue weighted by Gasteiger charge is 2.68. The Morgan fingerprint density at radius 2 is 0.629 bits per heavy atom. The van der Waals surface area contributed by atoms with Gasteiger partial charge >= 0.3 is 17.9 Å². The van der Waals surface area contributed by atoms with Crippen LogP contribution in [0.2, 0.25) is 0 Å². The fourth-order valence-electron chi connectivity index (χ4n) is 17.8. The number of ether oxygens (including phenoxy) is 21. The molecule has 0 bridgehead atoms. The number of aliphatic hydroxyl groups excluding tert-OH is 36. The van der Waals surface area contributed by atoms with Crippen molar-refractivity contribution in [1.29, 1.82) is 0 Å². The summed E-state index contributed by atoms with van der Waals surface area (Å²) in [7, 11) is 0. The number of rotatable bonds is 40. The first kappa shape index (κ1) is 116. The van der Waals surface area contributed by atoms with Crippen molar-refractivity contribution in [3.8, 4) is 0 Å². The Balaban J connectivity index is 0.975. The molecular weight excluding hydrogens is 1940 g/mol. The third-order valence-corrected chi connectivity index (χ3v) is 25.9. The number of carbonyl (C=O) groups is 3. The largest absolute Gasteiger partial charge is 0.477 e. The topological polar surface area (TPSA) is 1080 Å². The second-order valence-corrected chi connectivity index (χ2v) is 35.3. The molecule has 42 N–H and O–H groups in total. The Morgan fingerprint density at radius 3 is 1.09 bits per heavy atom. The average molecular weight is 2060 g/mol. The molecule has 11 saturated heterocycles. The maximum absolute atomic E-state index is 14.1. The van der Waals surface area contributed by atoms with Crippen molar-refractivity contribution in [2.75, 3.05) is 72.7 Å². The molecule has 0 aromatic rings. The van der Waals surface area contributed by atoms with Crippen molar-refractivity contribution < 1.29 is 318 Å². The number of aliphatic carboxylic acids is 3. The van der Waals surface area contributed by atoms with E-state index in [1.165, 1.54) is 0 Å². The van der Waals surface area contributed by atoms with Crippen LogP contribution in [0.25, 0.3) is 0 Å². The summed E-state index contributed by atoms with van der Waals surface area (Å²) in [6.45, 7) is -14.6. The molecule has 0 spiro atoms. The highest BCUT2D eigenvalue weighted by Crippen LogP contribution is 2.47. The number of nitrogens with two attached hydrogens (primary N) is 1. The average Bonchev–Trinajstić information content (AvgIpc) is 0.735. The van der Waals surface area contributed by atoms with Crippen LogP contribution in [0, 0.1) is 0 Å². The van der Waals surface area contributed by atoms with E-state index in [2.05, 4.69) is 0 Å². The summed E-state index contributed by atoms with van der Waals surface area (Å²) >= 11 is 0. The van der Waals surface area contributed by atoms with E-state index in [1.807, 2.05) is 0 Å². The Hall–Kier alpha value is -3.95. The highest BCUT2D eigenvalue weighted by molar-refractivity contribution is 5.77. The van der Waals surface area contributed by atoms with Crippen LogP contribution in [0.5, 0.6) is 0 Å². The second kappa shape index (κ2) is 48.8. The molecule has 0 aromatic carbocycles. The van der Waals surface area contributed by atoms with Gasteiger partial charge in [0.1, 0.15) is 262 Å². The molecule has 814 valence electrons. The zero-order chi connectivity index (χ0) is 104. The lowest BCUT2D eigenvalue weighted by atomic mass is 9.88. The van der Waals surface area contributed by atoms with Crippen molar-refractivity contribution in [3.63, 3.8) is 0 Å². The van der Waals surface area contributed by atoms with Crippen LogP contribution >= 0.6 is 0 Å². The molecule has 65 heteroatoms. The number of carboxylic acids is 3. The fourth-order valence-corrected chi connectivity index (χ4v) is 17.8. The summed E-state index contributed by atoms with van der Waals surface area (Å²) in [6.07, 6.45) is -138. The Labute approximate surface area is 786 Å². The minimum Gasteiger partial charge on any atom is -0.477 e. The summed E-state index contributed by atoms with van der Waals surface area (Å²) in [5, 5.41) is 446. The summed E-state index contributed by atoms with van der Waals surface area (Å²) < 4.78 is 121. The molecule has 0 unspecified atom stereocenters. The van der Waals surface area contributed by atoms with E-state index >= 15 is 0 Å². The van der Waals surface area contributed by atoms with E-state index in [-0.39, 0.29) is 0 Å². The standard InChI is InChI=1S/C75H125NO64/c76-29-37(100)31(94)24(9-82)122-62(29)134-60-40(103)33(96)27(12-85)125-69(60)135-61-41(104)34(97)26(11-84)124-68(61)133-57-36(99)28(14-121-63-43(106)38(101)32(95)25(10-83)123-63)126-65(47(57)110)131-59-46(109)52(21(92)13-120-64-44(107)39(102)42(105)50(127-64)16(87)4-77)129-67(49(59)112)132-58-45(108)51(17(88)5-78)128-66(48(58)111)130-56-23(2-73(119,70(113)114)138-55(56)20(91)8-81)137-75(72(117)118)3-22(35(98)54(140-75)19(90)7-80)136-74(71(115)116)1-15(86)30(93)53(139-74)18(89)6-79/h15-69,77-112,119H,1-14,76H2,(H,113,114)(H,115,116)(H,117,118)/t15-,16+,17+,18-,19-,20-,21+,22-,23-,24-,25-,26-,27-,28-,29-,30-,31-,32+,33-,34+,35-,36-,37-,38+,39+,40+,41+,42+,43-,44+,45-,46-,47-,48+,49+,50-,51-,52-,53-,54-,55-,56-,57+,58+,59+,60-,61-,62-,63+,64+,65-,66-,67-,68-,69-,73-,74-,75-/m1/s1. The zero-order valence-electron chi connectivity index (χ0n) is 72.9. The molecular formula is C75H125NO64. The Morgan fingerprint density at radius 1 is 0.286 bits per heavy atom. The summed E-state index contributed by atoms with van der Waals surface area (Å²) in [5.74, 6) is -18.5. The smallest absolute Gasteiger partial charge is 0.364 e. The fraction of sp³-hybridized carbons (Fsp3) is 0.960. The summed E-state index contributed by atoms with van der Waals surface area (Å²) in [6, 6.07) is -1.81. The van der Waals surface area contributed by atoms with Crippen LogP contribution in [0.4, 0.5) is 0 Å². The molecule has 11 fully saturated rings. The Bertz CT molecular complexity index is 3850. The van der Waals surface area contributed by atoms with Crippen LogP contribution < -0.4 is 5.73 Å². The van der Waals surface area contributed by atoms with E-state index in [4.69, 9.17) is 105 Å². The van der Waals surface area contributed by atoms with Crippen molar-refractivity contribution in [3.05, 3.63) is 0 Å². The predicted molar refractivity (Wildman–Crippen MR) is 416 cm³/mol. The molecule has 11 heterocycles. The first-order chi connectivity index (χ1) is 65.9. The van der Waals surface area contributed by atoms with E-state index < -0.39 is 464 Å². The minimum absolute atomic E-state index is 1.03. The molecule has 140 heavy (non-hydrogen) atoms. The van der Waals surface area contributed by atoms with Crippen molar-refractivity contribution in [1.82, 2.24) is 0 Å². The van der Waals surface area contributed by atoms with E-state index in [9.17, 15) is 219 Å². The van der Waals surface area contributed by atoms with Crippen molar-refractivity contribution >= 4 is 17.9 Å². The summed E-state index contributed by atoms with van der Waals surface area (Å²) in [5.41, 5.74) is 6.13. The lowest BCUT2D eigenvalue weighted by Crippen LogP contribution is -2.71. The van der Waals surface area contributed by atoms with Crippen LogP contribution in [-0.4, -0.2) is 649 Å². The van der Waals surface area contributed by atoms with Crippen LogP contribution in [0.15, 0.2) is 0 Å². The molecule has 0 aliphatic carbocycles. The second-order valence-electron chi connectivity index (χ2n) is 35.3. The lowest BCUT2D eigenvalue weighted by Gasteiger charge is -2.53. The zero-order valence-corrected chi connectivity index (χ0v) is 72.9. The molecule has 0 saturated carbocycles. The first-order valence-corrected chi connectivity index (χ1v) is 43.7. The SMILES string of the molecule is N[C@H]1[C@@H](O[C@H]2[C@@H](O[C@H]3[C@@H](O[C@@H]4[C@@H](O)[C@@H](O[C@@H]5[C@H](O)[C@@H](O[C@@H]6[C@H](O)[C@@H](O[C@H]7[C@@H]([C@H](O)CO)O[C@@](O)(C(=O)O)C[C@H]7O[C@]7(C(=O)O)C[C@@H](O[C@]8(C(=O)O)C[C@@H](O)[C@@H](O)[C@@H]([C@H](O)CO)O8)[C@@H](O)[C@@H]([C@H](O)CO)O7)O[C@H]([C@@H](O)CO)[C@H]6O)O[C@H]([C@@H](O)CO[C@H]6O[C@H]([C@@H](O)CO)[C@@H](O)[C@H](O)[C@@H]6O)[C@H]5O)O[C@H](CO[C@H]5O[C@H](CO)[C@H](O)[C@H](O)[C@H]5O)[C@H]4O)O[C@H](CO)[C@H](O)[C@@H]3O)O[C@H](CO)[C@@H](O)[C@@H]2O)O[C@H](CO)[C@@H](O)[C@@H]1O. The molecule has 11 aliphatic rings. The molecule has 0 radical (unpaired) electrons. The monoisotopic (exact) mass is 2060 g/mol. The first-order valence-electron chi connectivity index (χ1n) is 43.7. The third kappa shape index (κ3) is 24.1. The summed E-state index contributed by atoms with van der Waals surface area (Å²) in [4.78, 5) is 40.5. The van der Waals surface area contributed by atoms with Gasteiger partial charge in [0.25, 0.3) is 17.4 Å². The molecule has 58 atom stereocenters. The molecule has 65 nitrogen and oxygen atoms in total. The Kier molecular flexibility index (Phi) is 40.5. The minimum atomic E-state index is -3.87. The van der Waals surface area contributed by atoms with Gasteiger partial charge in [0.2, 0.25) is 0 Å². The molecule has 0 aromatic heterocycles. The number of aliphatic hydroxyl groups is 37. The van der Waals surface area contributed by atoms with E-state index in [1.54, 1.807) is 0 Å². The van der Waals surface area contributed by atoms with Gasteiger partial charge in [-0.1, -0.05) is 0 Å². The van der Waals surface area contributed by atoms with Crippen LogP contribution in [0.3, 0.4) is 0 Å². The van der Waals surface area contributed by atoms with Crippen molar-refractivity contribution in [2.45, 2.75) is 374 Å². The van der Waals surface area contributed by atoms with Crippen LogP contribution in [-0.2, 0) is 114 Å². The van der Waals surface area contributed by atoms with E-state index in [0.29, 0.717) is 0 Å². The quantitative estimate of drug-likeness (QED) is 0.0271. The lowest BCUT2D eigenvalue weighted by molar-refractivity contribution is -0.413. The third-order valence-electron chi connectivity index (χ3n) is 25.9. The van der Waals surface area contributed by atoms with Gasteiger partial charge in [0.15, 0.2) is 50.3 Å². The van der Waals surface area contributed by atoms with Gasteiger partial charge < -0.3 is 309 Å². The van der Waals surface area contributed by atoms with Gasteiger partial charge in [-0.3, -0.25) is 0 Å². The number of hydrogen-bond donors (Lipinski definition) is 41. The van der Waals surface area contributed by atoms with Gasteiger partial charge in [0.05, 0.1) is 97.0 Å². The van der Waals surface area contributed by atoms with Gasteiger partial charge in [-0.2, -0.15) is 0 Å². The van der Waals surface area contributed by atoms with Gasteiger partial charge in [-0.05, 0) is 0 Å². The van der Waals surface area contributed by atoms with Gasteiger partial charge in [-0.15, -0.1) is 0 Å². The predicted octanol–water partition coefficient (Wildman–Crippen LogP) is -27.4. The van der Waals surface area contributed by atoms with Gasteiger partial charge in [-0.25, -0.2) is 14.4 Å². The molecule has 11 aliphatic heterocycles. The van der Waals surface area contributed by atoms with Gasteiger partial charge in [0, 0.05) is 19.3 Å². The maximum atomic E-state index is 14.1. The normalized spacial score (nSPS) is 49.7. The number of carboxylic acid groups (broad SMARTS) is 3. The van der Waals surface area contributed by atoms with Crippen molar-refractivity contribution in [2.24, 2.45) is 5.73 Å². The van der Waals surface area contributed by atoms with E-state index in [0.717, 1.165) is 0 Å². The number of hydrogen-bond acceptors (Lipinski definition) is 62. The van der Waals surface area contributed by atoms with Crippen LogP contribution in [0.1, 0.15) is 19.3 Å². The highest BCUT2D eigenvalue weighted by atomic mass is 16.8. The molecule has 0 amide bonds.